The molecular formula is C14H7ClF4O2. The first kappa shape index (κ1) is 15.3. The number of carbonyl (C=O) groups is 1. The van der Waals surface area contributed by atoms with Gasteiger partial charge >= 0.3 is 6.36 Å². The number of hydrogen-bond donors (Lipinski definition) is 0. The van der Waals surface area contributed by atoms with Crippen molar-refractivity contribution in [2.45, 2.75) is 6.36 Å². The molecule has 0 saturated heterocycles. The van der Waals surface area contributed by atoms with Crippen LogP contribution in [0.15, 0.2) is 36.4 Å². The zero-order valence-electron chi connectivity index (χ0n) is 10.2. The molecule has 2 rings (SSSR count). The van der Waals surface area contributed by atoms with Gasteiger partial charge in [0.1, 0.15) is 17.9 Å². The van der Waals surface area contributed by atoms with Gasteiger partial charge in [0.25, 0.3) is 0 Å². The average molecular weight is 319 g/mol. The van der Waals surface area contributed by atoms with Crippen molar-refractivity contribution in [2.75, 3.05) is 0 Å². The third-order valence-corrected chi connectivity index (χ3v) is 2.85. The minimum absolute atomic E-state index is 0.0294. The molecule has 0 fully saturated rings. The number of hydrogen-bond acceptors (Lipinski definition) is 2. The van der Waals surface area contributed by atoms with Gasteiger partial charge in [0.2, 0.25) is 0 Å². The zero-order valence-corrected chi connectivity index (χ0v) is 11.0. The zero-order chi connectivity index (χ0) is 15.6. The number of alkyl halides is 3. The Kier molecular flexibility index (Phi) is 4.18. The van der Waals surface area contributed by atoms with Crippen molar-refractivity contribution in [3.63, 3.8) is 0 Å². The van der Waals surface area contributed by atoms with E-state index < -0.39 is 17.9 Å². The molecular weight excluding hydrogens is 312 g/mol. The van der Waals surface area contributed by atoms with E-state index in [-0.39, 0.29) is 21.7 Å². The largest absolute Gasteiger partial charge is 0.573 e. The van der Waals surface area contributed by atoms with Crippen LogP contribution in [0.2, 0.25) is 5.02 Å². The molecule has 0 aromatic heterocycles. The number of carbonyl (C=O) groups excluding carboxylic acids is 1. The third-order valence-electron chi connectivity index (χ3n) is 2.56. The summed E-state index contributed by atoms with van der Waals surface area (Å²) in [5, 5.41) is -0.178. The molecule has 0 atom stereocenters. The van der Waals surface area contributed by atoms with Crippen molar-refractivity contribution >= 4 is 17.9 Å². The molecule has 0 amide bonds. The van der Waals surface area contributed by atoms with Crippen molar-refractivity contribution < 1.29 is 27.1 Å². The smallest absolute Gasteiger partial charge is 0.406 e. The van der Waals surface area contributed by atoms with E-state index in [1.54, 1.807) is 0 Å². The Bertz CT molecular complexity index is 683. The monoisotopic (exact) mass is 318 g/mol. The van der Waals surface area contributed by atoms with E-state index in [9.17, 15) is 22.4 Å². The van der Waals surface area contributed by atoms with Gasteiger partial charge in [-0.25, -0.2) is 4.39 Å². The minimum Gasteiger partial charge on any atom is -0.406 e. The van der Waals surface area contributed by atoms with Crippen LogP contribution in [0.5, 0.6) is 5.75 Å². The van der Waals surface area contributed by atoms with Crippen LogP contribution in [0, 0.1) is 5.82 Å². The van der Waals surface area contributed by atoms with E-state index in [2.05, 4.69) is 4.74 Å². The molecule has 0 aliphatic rings. The Hall–Kier alpha value is -2.08. The summed E-state index contributed by atoms with van der Waals surface area (Å²) in [6.45, 7) is 0. The summed E-state index contributed by atoms with van der Waals surface area (Å²) >= 11 is 5.63. The highest BCUT2D eigenvalue weighted by molar-refractivity contribution is 6.31. The third kappa shape index (κ3) is 3.72. The number of rotatable bonds is 3. The topological polar surface area (TPSA) is 26.3 Å². The predicted molar refractivity (Wildman–Crippen MR) is 68.9 cm³/mol. The molecule has 2 aromatic rings. The van der Waals surface area contributed by atoms with Gasteiger partial charge in [-0.3, -0.25) is 4.79 Å². The van der Waals surface area contributed by atoms with Crippen LogP contribution in [0.1, 0.15) is 10.4 Å². The van der Waals surface area contributed by atoms with Crippen molar-refractivity contribution in [1.82, 2.24) is 0 Å². The van der Waals surface area contributed by atoms with Gasteiger partial charge < -0.3 is 4.74 Å². The Balaban J connectivity index is 2.55. The van der Waals surface area contributed by atoms with Crippen molar-refractivity contribution in [1.29, 1.82) is 0 Å². The summed E-state index contributed by atoms with van der Waals surface area (Å²) in [4.78, 5) is 10.8. The summed E-state index contributed by atoms with van der Waals surface area (Å²) in [6, 6.07) is 7.21. The van der Waals surface area contributed by atoms with Gasteiger partial charge in [0.05, 0.1) is 5.02 Å². The highest BCUT2D eigenvalue weighted by atomic mass is 35.5. The molecule has 0 N–H and O–H groups in total. The first-order valence-electron chi connectivity index (χ1n) is 5.60. The molecule has 21 heavy (non-hydrogen) atoms. The standard InChI is InChI=1S/C14H7ClF4O2/c15-12-3-1-2-11(13(12)16)9-4-8(7-20)5-10(6-9)21-14(17,18)19/h1-7H. The predicted octanol–water partition coefficient (Wildman–Crippen LogP) is 4.86. The van der Waals surface area contributed by atoms with E-state index in [0.717, 1.165) is 12.1 Å². The first-order chi connectivity index (χ1) is 9.80. The second-order valence-corrected chi connectivity index (χ2v) is 4.46. The maximum atomic E-state index is 13.9. The van der Waals surface area contributed by atoms with Crippen molar-refractivity contribution in [2.24, 2.45) is 0 Å². The molecule has 0 aliphatic carbocycles. The van der Waals surface area contributed by atoms with E-state index >= 15 is 0 Å². The number of ether oxygens (including phenoxy) is 1. The Morgan fingerprint density at radius 1 is 1.14 bits per heavy atom. The van der Waals surface area contributed by atoms with Gasteiger partial charge in [-0.2, -0.15) is 0 Å². The Morgan fingerprint density at radius 3 is 2.48 bits per heavy atom. The molecule has 0 radical (unpaired) electrons. The van der Waals surface area contributed by atoms with E-state index in [1.165, 1.54) is 24.3 Å². The van der Waals surface area contributed by atoms with Gasteiger partial charge in [-0.1, -0.05) is 23.7 Å². The fraction of sp³-hybridized carbons (Fsp3) is 0.0714. The molecule has 110 valence electrons. The lowest BCUT2D eigenvalue weighted by Crippen LogP contribution is -2.17. The maximum absolute atomic E-state index is 13.9. The molecule has 0 spiro atoms. The van der Waals surface area contributed by atoms with Gasteiger partial charge in [-0.15, -0.1) is 13.2 Å². The van der Waals surface area contributed by atoms with Crippen LogP contribution in [-0.4, -0.2) is 12.6 Å². The lowest BCUT2D eigenvalue weighted by Gasteiger charge is -2.12. The summed E-state index contributed by atoms with van der Waals surface area (Å²) in [5.74, 6) is -1.40. The normalized spacial score (nSPS) is 11.3. The molecule has 7 heteroatoms. The Labute approximate surface area is 121 Å². The summed E-state index contributed by atoms with van der Waals surface area (Å²) in [7, 11) is 0. The first-order valence-corrected chi connectivity index (χ1v) is 5.98. The number of benzene rings is 2. The van der Waals surface area contributed by atoms with Gasteiger partial charge in [0, 0.05) is 11.1 Å². The molecule has 0 aliphatic heterocycles. The van der Waals surface area contributed by atoms with Crippen molar-refractivity contribution in [3.05, 3.63) is 52.8 Å². The SMILES string of the molecule is O=Cc1cc(OC(F)(F)F)cc(-c2cccc(Cl)c2F)c1. The van der Waals surface area contributed by atoms with Gasteiger partial charge in [-0.05, 0) is 29.8 Å². The van der Waals surface area contributed by atoms with Crippen LogP contribution >= 0.6 is 11.6 Å². The lowest BCUT2D eigenvalue weighted by atomic mass is 10.0. The molecule has 0 heterocycles. The fourth-order valence-corrected chi connectivity index (χ4v) is 1.94. The molecule has 0 saturated carbocycles. The number of aldehydes is 1. The molecule has 2 aromatic carbocycles. The van der Waals surface area contributed by atoms with Crippen molar-refractivity contribution in [3.8, 4) is 16.9 Å². The second-order valence-electron chi connectivity index (χ2n) is 4.06. The highest BCUT2D eigenvalue weighted by Crippen LogP contribution is 2.32. The second kappa shape index (κ2) is 5.73. The van der Waals surface area contributed by atoms with Crippen LogP contribution < -0.4 is 4.74 Å². The molecule has 2 nitrogen and oxygen atoms in total. The van der Waals surface area contributed by atoms with E-state index in [1.807, 2.05) is 0 Å². The summed E-state index contributed by atoms with van der Waals surface area (Å²) in [5.41, 5.74) is -0.0526. The fourth-order valence-electron chi connectivity index (χ4n) is 1.76. The Morgan fingerprint density at radius 2 is 1.86 bits per heavy atom. The quantitative estimate of drug-likeness (QED) is 0.597. The maximum Gasteiger partial charge on any atom is 0.573 e. The van der Waals surface area contributed by atoms with E-state index in [0.29, 0.717) is 6.29 Å². The summed E-state index contributed by atoms with van der Waals surface area (Å²) < 4.78 is 54.4. The van der Waals surface area contributed by atoms with Gasteiger partial charge in [0.15, 0.2) is 0 Å². The lowest BCUT2D eigenvalue weighted by molar-refractivity contribution is -0.274. The highest BCUT2D eigenvalue weighted by Gasteiger charge is 2.31. The van der Waals surface area contributed by atoms with Crippen LogP contribution in [0.4, 0.5) is 17.6 Å². The average Bonchev–Trinajstić information content (AvgIpc) is 2.39. The van der Waals surface area contributed by atoms with Crippen LogP contribution in [0.3, 0.4) is 0 Å². The van der Waals surface area contributed by atoms with Crippen LogP contribution in [0.25, 0.3) is 11.1 Å². The molecule has 0 unspecified atom stereocenters. The van der Waals surface area contributed by atoms with Crippen LogP contribution in [-0.2, 0) is 0 Å². The molecule has 0 bridgehead atoms. The number of halogens is 5. The van der Waals surface area contributed by atoms with E-state index in [4.69, 9.17) is 11.6 Å². The summed E-state index contributed by atoms with van der Waals surface area (Å²) in [6.07, 6.45) is -4.57. The minimum atomic E-state index is -4.91.